The van der Waals surface area contributed by atoms with Gasteiger partial charge in [-0.1, -0.05) is 0 Å². The summed E-state index contributed by atoms with van der Waals surface area (Å²) in [6.45, 7) is 0. The van der Waals surface area contributed by atoms with Crippen LogP contribution < -0.4 is 11.4 Å². The van der Waals surface area contributed by atoms with Gasteiger partial charge in [0.15, 0.2) is 11.3 Å². The van der Waals surface area contributed by atoms with E-state index in [4.69, 9.17) is 15.3 Å². The van der Waals surface area contributed by atoms with E-state index < -0.39 is 11.4 Å². The highest BCUT2D eigenvalue weighted by molar-refractivity contribution is 5.86. The third-order valence-corrected chi connectivity index (χ3v) is 1.88. The Balaban J connectivity index is 2.97. The molecule has 14 heavy (non-hydrogen) atoms. The molecule has 2 aromatic rings. The average Bonchev–Trinajstić information content (AvgIpc) is 2.15. The van der Waals surface area contributed by atoms with E-state index in [1.807, 2.05) is 0 Å². The summed E-state index contributed by atoms with van der Waals surface area (Å²) in [5.41, 5.74) is 4.48. The molecule has 0 bridgehead atoms. The molecule has 0 aliphatic carbocycles. The molecule has 1 aromatic heterocycles. The number of rotatable bonds is 0. The van der Waals surface area contributed by atoms with Crippen LogP contribution in [0.1, 0.15) is 0 Å². The molecule has 0 aliphatic rings. The highest BCUT2D eigenvalue weighted by Gasteiger charge is 2.09. The maximum atomic E-state index is 11.0. The molecule has 1 aromatic carbocycles. The largest absolute Gasteiger partial charge is 0.504 e. The van der Waals surface area contributed by atoms with Gasteiger partial charge in [0, 0.05) is 5.39 Å². The van der Waals surface area contributed by atoms with Crippen LogP contribution in [-0.2, 0) is 0 Å². The molecule has 0 unspecified atom stereocenters. The van der Waals surface area contributed by atoms with Crippen LogP contribution in [0, 0.1) is 0 Å². The van der Waals surface area contributed by atoms with E-state index in [0.29, 0.717) is 5.39 Å². The van der Waals surface area contributed by atoms with Crippen LogP contribution in [-0.4, -0.2) is 10.2 Å². The summed E-state index contributed by atoms with van der Waals surface area (Å²) in [7, 11) is 0. The Labute approximate surface area is 78.0 Å². The Morgan fingerprint density at radius 3 is 2.71 bits per heavy atom. The second-order valence-corrected chi connectivity index (χ2v) is 2.84. The highest BCUT2D eigenvalue weighted by atomic mass is 16.4. The molecule has 0 atom stereocenters. The molecule has 0 spiro atoms. The van der Waals surface area contributed by atoms with Crippen molar-refractivity contribution in [1.29, 1.82) is 0 Å². The molecule has 2 rings (SSSR count). The third kappa shape index (κ3) is 1.06. The Bertz CT molecular complexity index is 558. The van der Waals surface area contributed by atoms with E-state index in [1.54, 1.807) is 0 Å². The van der Waals surface area contributed by atoms with E-state index >= 15 is 0 Å². The van der Waals surface area contributed by atoms with Gasteiger partial charge in [0.2, 0.25) is 5.75 Å². The lowest BCUT2D eigenvalue weighted by molar-refractivity contribution is 0.398. The lowest BCUT2D eigenvalue weighted by Crippen LogP contribution is -2.05. The second-order valence-electron chi connectivity index (χ2n) is 2.84. The quantitative estimate of drug-likeness (QED) is 0.424. The Hall–Kier alpha value is -2.17. The van der Waals surface area contributed by atoms with Gasteiger partial charge in [0.25, 0.3) is 0 Å². The van der Waals surface area contributed by atoms with E-state index in [2.05, 4.69) is 0 Å². The van der Waals surface area contributed by atoms with Crippen LogP contribution in [0.15, 0.2) is 27.4 Å². The molecule has 5 nitrogen and oxygen atoms in total. The molecule has 4 N–H and O–H groups in total. The first-order chi connectivity index (χ1) is 6.59. The summed E-state index contributed by atoms with van der Waals surface area (Å²) < 4.78 is 4.71. The molecule has 0 radical (unpaired) electrons. The van der Waals surface area contributed by atoms with Gasteiger partial charge >= 0.3 is 5.63 Å². The van der Waals surface area contributed by atoms with E-state index in [9.17, 15) is 9.90 Å². The zero-order chi connectivity index (χ0) is 10.3. The zero-order valence-electron chi connectivity index (χ0n) is 7.02. The number of nitrogen functional groups attached to an aromatic ring is 1. The van der Waals surface area contributed by atoms with Crippen LogP contribution >= 0.6 is 0 Å². The van der Waals surface area contributed by atoms with Gasteiger partial charge < -0.3 is 20.4 Å². The van der Waals surface area contributed by atoms with Crippen molar-refractivity contribution in [2.24, 2.45) is 0 Å². The van der Waals surface area contributed by atoms with Crippen molar-refractivity contribution >= 4 is 16.7 Å². The SMILES string of the molecule is Nc1cc2ccc(O)c(O)c2oc1=O. The smallest absolute Gasteiger partial charge is 0.359 e. The summed E-state index contributed by atoms with van der Waals surface area (Å²) >= 11 is 0. The number of aromatic hydroxyl groups is 2. The minimum atomic E-state index is -0.738. The number of phenols is 2. The monoisotopic (exact) mass is 193 g/mol. The molecular formula is C9H7NO4. The van der Waals surface area contributed by atoms with Crippen molar-refractivity contribution in [3.8, 4) is 11.5 Å². The fourth-order valence-corrected chi connectivity index (χ4v) is 1.18. The number of hydrogen-bond acceptors (Lipinski definition) is 5. The van der Waals surface area contributed by atoms with Gasteiger partial charge in [-0.25, -0.2) is 4.79 Å². The van der Waals surface area contributed by atoms with Gasteiger partial charge in [-0.15, -0.1) is 0 Å². The number of anilines is 1. The number of fused-ring (bicyclic) bond motifs is 1. The van der Waals surface area contributed by atoms with Gasteiger partial charge in [-0.2, -0.15) is 0 Å². The zero-order valence-corrected chi connectivity index (χ0v) is 7.02. The normalized spacial score (nSPS) is 10.6. The summed E-state index contributed by atoms with van der Waals surface area (Å²) in [5, 5.41) is 18.9. The lowest BCUT2D eigenvalue weighted by atomic mass is 10.2. The molecule has 1 heterocycles. The number of benzene rings is 1. The van der Waals surface area contributed by atoms with Gasteiger partial charge in [-0.05, 0) is 18.2 Å². The van der Waals surface area contributed by atoms with Crippen LogP contribution in [0.25, 0.3) is 11.0 Å². The number of hydrogen-bond donors (Lipinski definition) is 3. The van der Waals surface area contributed by atoms with Crippen molar-refractivity contribution in [2.75, 3.05) is 5.73 Å². The minimum absolute atomic E-state index is 0.0393. The van der Waals surface area contributed by atoms with Crippen molar-refractivity contribution < 1.29 is 14.6 Å². The minimum Gasteiger partial charge on any atom is -0.504 e. The van der Waals surface area contributed by atoms with Crippen molar-refractivity contribution in [1.82, 2.24) is 0 Å². The summed E-state index contributed by atoms with van der Waals surface area (Å²) in [6, 6.07) is 4.15. The first-order valence-electron chi connectivity index (χ1n) is 3.84. The molecule has 0 fully saturated rings. The van der Waals surface area contributed by atoms with Crippen molar-refractivity contribution in [3.05, 3.63) is 28.6 Å². The second kappa shape index (κ2) is 2.66. The maximum absolute atomic E-state index is 11.0. The van der Waals surface area contributed by atoms with E-state index in [0.717, 1.165) is 0 Å². The van der Waals surface area contributed by atoms with E-state index in [1.165, 1.54) is 18.2 Å². The molecule has 72 valence electrons. The Kier molecular flexibility index (Phi) is 1.60. The predicted octanol–water partition coefficient (Wildman–Crippen LogP) is 0.786. The predicted molar refractivity (Wildman–Crippen MR) is 50.2 cm³/mol. The molecule has 0 amide bonds. The van der Waals surface area contributed by atoms with Gasteiger partial charge in [0.05, 0.1) is 0 Å². The van der Waals surface area contributed by atoms with Gasteiger partial charge in [-0.3, -0.25) is 0 Å². The van der Waals surface area contributed by atoms with Crippen molar-refractivity contribution in [2.45, 2.75) is 0 Å². The summed E-state index contributed by atoms with van der Waals surface area (Å²) in [5.74, 6) is -0.801. The summed E-state index contributed by atoms with van der Waals surface area (Å²) in [6.07, 6.45) is 0. The Morgan fingerprint density at radius 1 is 1.29 bits per heavy atom. The summed E-state index contributed by atoms with van der Waals surface area (Å²) in [4.78, 5) is 11.0. The molecule has 0 saturated carbocycles. The molecule has 0 aliphatic heterocycles. The number of phenolic OH excluding ortho intramolecular Hbond substituents is 2. The average molecular weight is 193 g/mol. The van der Waals surface area contributed by atoms with Crippen LogP contribution in [0.2, 0.25) is 0 Å². The van der Waals surface area contributed by atoms with Gasteiger partial charge in [0.1, 0.15) is 5.69 Å². The fraction of sp³-hybridized carbons (Fsp3) is 0. The number of nitrogens with two attached hydrogens (primary N) is 1. The van der Waals surface area contributed by atoms with Crippen LogP contribution in [0.5, 0.6) is 11.5 Å². The van der Waals surface area contributed by atoms with E-state index in [-0.39, 0.29) is 17.0 Å². The fourth-order valence-electron chi connectivity index (χ4n) is 1.18. The third-order valence-electron chi connectivity index (χ3n) is 1.88. The lowest BCUT2D eigenvalue weighted by Gasteiger charge is -2.01. The first kappa shape index (κ1) is 8.43. The van der Waals surface area contributed by atoms with Crippen LogP contribution in [0.3, 0.4) is 0 Å². The molecule has 5 heteroatoms. The standard InChI is InChI=1S/C9H7NO4/c10-5-3-4-1-2-6(11)7(12)8(4)14-9(5)13/h1-3,11-12H,10H2. The highest BCUT2D eigenvalue weighted by Crippen LogP contribution is 2.32. The first-order valence-corrected chi connectivity index (χ1v) is 3.84. The van der Waals surface area contributed by atoms with Crippen molar-refractivity contribution in [3.63, 3.8) is 0 Å². The topological polar surface area (TPSA) is 96.7 Å². The maximum Gasteiger partial charge on any atom is 0.359 e. The Morgan fingerprint density at radius 2 is 2.00 bits per heavy atom. The van der Waals surface area contributed by atoms with Crippen LogP contribution in [0.4, 0.5) is 5.69 Å². The molecular weight excluding hydrogens is 186 g/mol. The molecule has 0 saturated heterocycles.